The number of rotatable bonds is 3. The molecule has 1 aromatic carbocycles. The number of benzene rings is 1. The Morgan fingerprint density at radius 3 is 2.23 bits per heavy atom. The molecule has 0 spiro atoms. The molecule has 0 saturated heterocycles. The minimum Gasteiger partial charge on any atom is -0.366 e. The number of halogens is 1. The summed E-state index contributed by atoms with van der Waals surface area (Å²) < 4.78 is 0.766. The van der Waals surface area contributed by atoms with Gasteiger partial charge >= 0.3 is 0 Å². The summed E-state index contributed by atoms with van der Waals surface area (Å²) in [4.78, 5) is 24.1. The Kier molecular flexibility index (Phi) is 6.43. The first kappa shape index (κ1) is 17.0. The fourth-order valence-electron chi connectivity index (χ4n) is 2.96. The fraction of sp³-hybridized carbons (Fsp3) is 0.529. The molecule has 0 radical (unpaired) electrons. The zero-order valence-electron chi connectivity index (χ0n) is 12.7. The maximum absolute atomic E-state index is 12.5. The van der Waals surface area contributed by atoms with Crippen LogP contribution in [0.1, 0.15) is 61.7 Å². The number of anilines is 1. The molecule has 0 aromatic heterocycles. The Bertz CT molecular complexity index is 535. The number of carbonyl (C=O) groups excluding carboxylic acids is 2. The number of primary amides is 1. The molecule has 0 bridgehead atoms. The lowest BCUT2D eigenvalue weighted by molar-refractivity contribution is -0.120. The number of carbonyl (C=O) groups is 2. The first-order valence-electron chi connectivity index (χ1n) is 7.98. The fourth-order valence-corrected chi connectivity index (χ4v) is 3.32. The maximum atomic E-state index is 12.5. The average Bonchev–Trinajstić information content (AvgIpc) is 2.62. The molecule has 3 N–H and O–H groups in total. The molecule has 5 heteroatoms. The van der Waals surface area contributed by atoms with E-state index in [4.69, 9.17) is 5.73 Å². The second-order valence-corrected chi connectivity index (χ2v) is 6.85. The number of nitrogens with one attached hydrogen (secondary N) is 1. The van der Waals surface area contributed by atoms with Crippen molar-refractivity contribution in [1.29, 1.82) is 0 Å². The summed E-state index contributed by atoms with van der Waals surface area (Å²) in [6.45, 7) is 0. The van der Waals surface area contributed by atoms with Crippen LogP contribution >= 0.6 is 15.9 Å². The molecule has 22 heavy (non-hydrogen) atoms. The summed E-state index contributed by atoms with van der Waals surface area (Å²) in [5, 5.41) is 2.90. The molecule has 0 aliphatic heterocycles. The van der Waals surface area contributed by atoms with Crippen LogP contribution in [0.5, 0.6) is 0 Å². The average molecular weight is 367 g/mol. The van der Waals surface area contributed by atoms with E-state index in [1.807, 2.05) is 0 Å². The van der Waals surface area contributed by atoms with Gasteiger partial charge in [-0.25, -0.2) is 0 Å². The number of hydrogen-bond acceptors (Lipinski definition) is 2. The highest BCUT2D eigenvalue weighted by Crippen LogP contribution is 2.25. The second-order valence-electron chi connectivity index (χ2n) is 5.94. The minimum atomic E-state index is -0.536. The summed E-state index contributed by atoms with van der Waals surface area (Å²) in [6, 6.07) is 5.16. The number of hydrogen-bond donors (Lipinski definition) is 2. The Hall–Kier alpha value is -1.36. The van der Waals surface area contributed by atoms with Gasteiger partial charge in [-0.3, -0.25) is 9.59 Å². The van der Waals surface area contributed by atoms with Crippen molar-refractivity contribution >= 4 is 33.4 Å². The lowest BCUT2D eigenvalue weighted by Crippen LogP contribution is -2.25. The molecule has 1 aromatic rings. The monoisotopic (exact) mass is 366 g/mol. The largest absolute Gasteiger partial charge is 0.366 e. The molecule has 4 nitrogen and oxygen atoms in total. The highest BCUT2D eigenvalue weighted by atomic mass is 79.9. The lowest BCUT2D eigenvalue weighted by atomic mass is 9.96. The zero-order valence-corrected chi connectivity index (χ0v) is 14.3. The van der Waals surface area contributed by atoms with Gasteiger partial charge in [0.05, 0.1) is 11.3 Å². The minimum absolute atomic E-state index is 0.00622. The molecule has 120 valence electrons. The molecule has 1 saturated carbocycles. The molecule has 0 atom stereocenters. The third-order valence-corrected chi connectivity index (χ3v) is 4.72. The normalized spacial score (nSPS) is 17.1. The van der Waals surface area contributed by atoms with Crippen LogP contribution in [0, 0.1) is 5.92 Å². The predicted molar refractivity (Wildman–Crippen MR) is 91.7 cm³/mol. The van der Waals surface area contributed by atoms with Gasteiger partial charge in [0.2, 0.25) is 5.91 Å². The first-order valence-corrected chi connectivity index (χ1v) is 8.77. The summed E-state index contributed by atoms with van der Waals surface area (Å²) in [6.07, 6.45) is 8.99. The molecule has 1 fully saturated rings. The van der Waals surface area contributed by atoms with Crippen molar-refractivity contribution in [1.82, 2.24) is 0 Å². The van der Waals surface area contributed by atoms with Crippen LogP contribution in [0.2, 0.25) is 0 Å². The topological polar surface area (TPSA) is 72.2 Å². The van der Waals surface area contributed by atoms with Crippen molar-refractivity contribution in [2.45, 2.75) is 51.4 Å². The van der Waals surface area contributed by atoms with E-state index in [2.05, 4.69) is 21.2 Å². The molecule has 2 rings (SSSR count). The maximum Gasteiger partial charge on any atom is 0.250 e. The van der Waals surface area contributed by atoms with E-state index >= 15 is 0 Å². The second kappa shape index (κ2) is 8.32. The highest BCUT2D eigenvalue weighted by molar-refractivity contribution is 9.10. The lowest BCUT2D eigenvalue weighted by Gasteiger charge is -2.17. The first-order chi connectivity index (χ1) is 10.6. The third kappa shape index (κ3) is 4.83. The van der Waals surface area contributed by atoms with Crippen LogP contribution in [0.25, 0.3) is 0 Å². The quantitative estimate of drug-likeness (QED) is 0.839. The van der Waals surface area contributed by atoms with Crippen molar-refractivity contribution in [3.63, 3.8) is 0 Å². The van der Waals surface area contributed by atoms with Gasteiger partial charge in [-0.1, -0.05) is 54.5 Å². The van der Waals surface area contributed by atoms with Crippen LogP contribution < -0.4 is 11.1 Å². The van der Waals surface area contributed by atoms with Gasteiger partial charge in [0.1, 0.15) is 0 Å². The van der Waals surface area contributed by atoms with Crippen molar-refractivity contribution in [3.8, 4) is 0 Å². The van der Waals surface area contributed by atoms with E-state index in [1.54, 1.807) is 18.2 Å². The molecular formula is C17H23BrN2O2. The Balaban J connectivity index is 2.08. The van der Waals surface area contributed by atoms with Crippen LogP contribution in [0.15, 0.2) is 22.7 Å². The molecule has 0 unspecified atom stereocenters. The van der Waals surface area contributed by atoms with Gasteiger partial charge in [0.15, 0.2) is 0 Å². The Labute approximate surface area is 140 Å². The highest BCUT2D eigenvalue weighted by Gasteiger charge is 2.20. The molecule has 2 amide bonds. The molecular weight excluding hydrogens is 344 g/mol. The third-order valence-electron chi connectivity index (χ3n) is 4.23. The smallest absolute Gasteiger partial charge is 0.250 e. The number of amides is 2. The zero-order chi connectivity index (χ0) is 15.9. The van der Waals surface area contributed by atoms with Gasteiger partial charge in [-0.05, 0) is 31.0 Å². The molecule has 1 aliphatic rings. The van der Waals surface area contributed by atoms with Crippen LogP contribution in [0.4, 0.5) is 5.69 Å². The summed E-state index contributed by atoms with van der Waals surface area (Å²) >= 11 is 3.31. The van der Waals surface area contributed by atoms with E-state index in [-0.39, 0.29) is 11.8 Å². The predicted octanol–water partition coefficient (Wildman–Crippen LogP) is 4.24. The summed E-state index contributed by atoms with van der Waals surface area (Å²) in [5.74, 6) is -0.500. The van der Waals surface area contributed by atoms with Crippen molar-refractivity contribution in [3.05, 3.63) is 28.2 Å². The molecule has 1 aliphatic carbocycles. The Morgan fingerprint density at radius 2 is 1.64 bits per heavy atom. The van der Waals surface area contributed by atoms with Crippen LogP contribution in [-0.4, -0.2) is 11.8 Å². The van der Waals surface area contributed by atoms with Gasteiger partial charge in [-0.2, -0.15) is 0 Å². The van der Waals surface area contributed by atoms with Crippen LogP contribution in [0.3, 0.4) is 0 Å². The van der Waals surface area contributed by atoms with Crippen molar-refractivity contribution in [2.75, 3.05) is 5.32 Å². The van der Waals surface area contributed by atoms with Gasteiger partial charge in [-0.15, -0.1) is 0 Å². The van der Waals surface area contributed by atoms with Crippen molar-refractivity contribution < 1.29 is 9.59 Å². The van der Waals surface area contributed by atoms with E-state index in [0.717, 1.165) is 30.2 Å². The summed E-state index contributed by atoms with van der Waals surface area (Å²) in [7, 11) is 0. The van der Waals surface area contributed by atoms with E-state index in [1.165, 1.54) is 25.7 Å². The van der Waals surface area contributed by atoms with E-state index in [9.17, 15) is 9.59 Å². The number of nitrogens with two attached hydrogens (primary N) is 1. The van der Waals surface area contributed by atoms with Gasteiger partial charge in [0.25, 0.3) is 5.91 Å². The Morgan fingerprint density at radius 1 is 1.05 bits per heavy atom. The summed E-state index contributed by atoms with van der Waals surface area (Å²) in [5.41, 5.74) is 6.23. The van der Waals surface area contributed by atoms with E-state index < -0.39 is 5.91 Å². The van der Waals surface area contributed by atoms with Crippen LogP contribution in [-0.2, 0) is 4.79 Å². The SMILES string of the molecule is NC(=O)c1cc(Br)ccc1NC(=O)C1CCCCCCCC1. The van der Waals surface area contributed by atoms with E-state index in [0.29, 0.717) is 11.3 Å². The van der Waals surface area contributed by atoms with Gasteiger partial charge in [0, 0.05) is 10.4 Å². The van der Waals surface area contributed by atoms with Gasteiger partial charge < -0.3 is 11.1 Å². The van der Waals surface area contributed by atoms with Crippen molar-refractivity contribution in [2.24, 2.45) is 11.7 Å². The molecule has 0 heterocycles. The standard InChI is InChI=1S/C17H23BrN2O2/c18-13-9-10-15(14(11-13)16(19)21)20-17(22)12-7-5-3-1-2-4-6-8-12/h9-12H,1-8H2,(H2,19,21)(H,20,22).